The Morgan fingerprint density at radius 1 is 1.10 bits per heavy atom. The summed E-state index contributed by atoms with van der Waals surface area (Å²) in [5.41, 5.74) is 5.11. The Kier molecular flexibility index (Phi) is 5.05. The summed E-state index contributed by atoms with van der Waals surface area (Å²) < 4.78 is 28.6. The molecule has 4 aromatic rings. The predicted molar refractivity (Wildman–Crippen MR) is 121 cm³/mol. The fourth-order valence-corrected chi connectivity index (χ4v) is 5.46. The van der Waals surface area contributed by atoms with Gasteiger partial charge in [-0.3, -0.25) is 5.43 Å². The Balaban J connectivity index is 1.35. The number of anilines is 1. The molecule has 0 unspecified atom stereocenters. The highest BCUT2D eigenvalue weighted by Gasteiger charge is 2.19. The molecule has 3 N–H and O–H groups in total. The molecule has 8 nitrogen and oxygen atoms in total. The number of hydrazone groups is 1. The van der Waals surface area contributed by atoms with E-state index in [0.29, 0.717) is 17.3 Å². The van der Waals surface area contributed by atoms with Gasteiger partial charge in [-0.05, 0) is 67.6 Å². The second kappa shape index (κ2) is 7.88. The Labute approximate surface area is 182 Å². The largest absolute Gasteiger partial charge is 0.455 e. The van der Waals surface area contributed by atoms with Crippen LogP contribution in [-0.4, -0.2) is 24.6 Å². The maximum absolute atomic E-state index is 11.4. The van der Waals surface area contributed by atoms with Gasteiger partial charge in [-0.1, -0.05) is 0 Å². The molecular formula is C21H19N5O3S2. The number of nitrogens with two attached hydrogens (primary N) is 1. The lowest BCUT2D eigenvalue weighted by Gasteiger charge is -2.11. The lowest BCUT2D eigenvalue weighted by Crippen LogP contribution is -2.11. The number of rotatable bonds is 5. The van der Waals surface area contributed by atoms with Crippen LogP contribution < -0.4 is 10.6 Å². The third-order valence-corrected chi connectivity index (χ3v) is 7.34. The monoisotopic (exact) mass is 453 g/mol. The van der Waals surface area contributed by atoms with E-state index in [9.17, 15) is 8.42 Å². The summed E-state index contributed by atoms with van der Waals surface area (Å²) in [6.45, 7) is 0. The zero-order chi connectivity index (χ0) is 21.4. The quantitative estimate of drug-likeness (QED) is 0.349. The molecule has 1 aliphatic carbocycles. The van der Waals surface area contributed by atoms with Crippen LogP contribution in [0.1, 0.15) is 29.0 Å². The van der Waals surface area contributed by atoms with E-state index >= 15 is 0 Å². The third kappa shape index (κ3) is 3.97. The zero-order valence-electron chi connectivity index (χ0n) is 16.4. The molecule has 158 valence electrons. The molecule has 10 heteroatoms. The number of hydrogen-bond donors (Lipinski definition) is 2. The molecule has 0 saturated carbocycles. The first-order chi connectivity index (χ1) is 15.0. The molecular weight excluding hydrogens is 434 g/mol. The number of nitrogens with one attached hydrogen (secondary N) is 1. The smallest absolute Gasteiger partial charge is 0.238 e. The standard InChI is InChI=1S/C21H19N5O3S2/c22-31(27,28)15-8-5-13(6-9-15)17-10-7-14(29-17)11-25-26-20-19-16-3-1-2-4-18(16)30-21(19)24-12-23-20/h5-12H,1-4H2,(H2,22,27,28)(H,23,24,26). The van der Waals surface area contributed by atoms with E-state index in [0.717, 1.165) is 28.6 Å². The topological polar surface area (TPSA) is 123 Å². The molecule has 0 saturated heterocycles. The van der Waals surface area contributed by atoms with Gasteiger partial charge in [-0.25, -0.2) is 23.5 Å². The van der Waals surface area contributed by atoms with Gasteiger partial charge in [0, 0.05) is 10.4 Å². The molecule has 0 radical (unpaired) electrons. The van der Waals surface area contributed by atoms with E-state index in [1.807, 2.05) is 0 Å². The van der Waals surface area contributed by atoms with E-state index in [1.165, 1.54) is 35.4 Å². The van der Waals surface area contributed by atoms with Crippen molar-refractivity contribution in [3.63, 3.8) is 0 Å². The summed E-state index contributed by atoms with van der Waals surface area (Å²) >= 11 is 1.74. The van der Waals surface area contributed by atoms with Crippen LogP contribution in [0.15, 0.2) is 57.1 Å². The van der Waals surface area contributed by atoms with Crippen LogP contribution >= 0.6 is 11.3 Å². The average Bonchev–Trinajstić information content (AvgIpc) is 3.38. The van der Waals surface area contributed by atoms with E-state index in [-0.39, 0.29) is 4.90 Å². The molecule has 0 amide bonds. The number of furan rings is 1. The summed E-state index contributed by atoms with van der Waals surface area (Å²) in [7, 11) is -3.72. The van der Waals surface area contributed by atoms with Crippen molar-refractivity contribution in [2.45, 2.75) is 30.6 Å². The second-order valence-corrected chi connectivity index (χ2v) is 9.90. The molecule has 5 rings (SSSR count). The molecule has 0 spiro atoms. The maximum Gasteiger partial charge on any atom is 0.238 e. The van der Waals surface area contributed by atoms with Gasteiger partial charge in [-0.2, -0.15) is 5.10 Å². The molecule has 0 atom stereocenters. The van der Waals surface area contributed by atoms with Gasteiger partial charge in [0.05, 0.1) is 16.5 Å². The molecule has 0 fully saturated rings. The van der Waals surface area contributed by atoms with Gasteiger partial charge in [0.15, 0.2) is 5.82 Å². The van der Waals surface area contributed by atoms with Crippen molar-refractivity contribution in [3.05, 3.63) is 58.9 Å². The molecule has 1 aromatic carbocycles. The summed E-state index contributed by atoms with van der Waals surface area (Å²) in [5, 5.41) is 10.5. The number of benzene rings is 1. The van der Waals surface area contributed by atoms with E-state index in [1.54, 1.807) is 48.1 Å². The Morgan fingerprint density at radius 3 is 2.71 bits per heavy atom. The molecule has 3 aromatic heterocycles. The highest BCUT2D eigenvalue weighted by molar-refractivity contribution is 7.89. The minimum atomic E-state index is -3.72. The van der Waals surface area contributed by atoms with E-state index in [2.05, 4.69) is 20.5 Å². The highest BCUT2D eigenvalue weighted by atomic mass is 32.2. The van der Waals surface area contributed by atoms with Crippen molar-refractivity contribution in [1.82, 2.24) is 9.97 Å². The van der Waals surface area contributed by atoms with Crippen LogP contribution in [0.2, 0.25) is 0 Å². The number of aromatic nitrogens is 2. The van der Waals surface area contributed by atoms with Crippen LogP contribution in [0.4, 0.5) is 5.82 Å². The Hall–Kier alpha value is -3.08. The van der Waals surface area contributed by atoms with Crippen molar-refractivity contribution in [3.8, 4) is 11.3 Å². The predicted octanol–water partition coefficient (Wildman–Crippen LogP) is 3.92. The van der Waals surface area contributed by atoms with Crippen molar-refractivity contribution in [2.75, 3.05) is 5.43 Å². The SMILES string of the molecule is NS(=O)(=O)c1ccc(-c2ccc(C=NNc3ncnc4sc5c(c34)CCCC5)o2)cc1. The average molecular weight is 454 g/mol. The fraction of sp³-hybridized carbons (Fsp3) is 0.190. The number of hydrogen-bond acceptors (Lipinski definition) is 8. The van der Waals surface area contributed by atoms with Crippen molar-refractivity contribution >= 4 is 43.6 Å². The van der Waals surface area contributed by atoms with Gasteiger partial charge in [0.25, 0.3) is 0 Å². The summed E-state index contributed by atoms with van der Waals surface area (Å²) in [6.07, 6.45) is 7.69. The number of sulfonamides is 1. The van der Waals surface area contributed by atoms with E-state index < -0.39 is 10.0 Å². The van der Waals surface area contributed by atoms with Crippen LogP contribution in [0.25, 0.3) is 21.5 Å². The van der Waals surface area contributed by atoms with Gasteiger partial charge in [0.1, 0.15) is 22.7 Å². The van der Waals surface area contributed by atoms with Gasteiger partial charge >= 0.3 is 0 Å². The van der Waals surface area contributed by atoms with E-state index in [4.69, 9.17) is 9.56 Å². The number of nitrogens with zero attached hydrogens (tertiary/aromatic N) is 3. The lowest BCUT2D eigenvalue weighted by molar-refractivity contribution is 0.575. The lowest BCUT2D eigenvalue weighted by atomic mass is 9.97. The van der Waals surface area contributed by atoms with Crippen molar-refractivity contribution in [1.29, 1.82) is 0 Å². The minimum Gasteiger partial charge on any atom is -0.455 e. The molecule has 0 aliphatic heterocycles. The summed E-state index contributed by atoms with van der Waals surface area (Å²) in [6, 6.07) is 9.78. The number of fused-ring (bicyclic) bond motifs is 3. The number of primary sulfonamides is 1. The molecule has 0 bridgehead atoms. The van der Waals surface area contributed by atoms with Gasteiger partial charge < -0.3 is 4.42 Å². The zero-order valence-corrected chi connectivity index (χ0v) is 18.0. The number of thiophene rings is 1. The van der Waals surface area contributed by atoms with Crippen LogP contribution in [0, 0.1) is 0 Å². The second-order valence-electron chi connectivity index (χ2n) is 7.25. The summed E-state index contributed by atoms with van der Waals surface area (Å²) in [5.74, 6) is 1.85. The Morgan fingerprint density at radius 2 is 1.90 bits per heavy atom. The Bertz CT molecular complexity index is 1390. The maximum atomic E-state index is 11.4. The highest BCUT2D eigenvalue weighted by Crippen LogP contribution is 2.38. The van der Waals surface area contributed by atoms with Crippen LogP contribution in [0.5, 0.6) is 0 Å². The number of aryl methyl sites for hydroxylation is 2. The fourth-order valence-electron chi connectivity index (χ4n) is 3.72. The first-order valence-corrected chi connectivity index (χ1v) is 12.1. The van der Waals surface area contributed by atoms with Gasteiger partial charge in [-0.15, -0.1) is 11.3 Å². The minimum absolute atomic E-state index is 0.0561. The molecule has 31 heavy (non-hydrogen) atoms. The van der Waals surface area contributed by atoms with Crippen molar-refractivity contribution < 1.29 is 12.8 Å². The van der Waals surface area contributed by atoms with Crippen molar-refractivity contribution in [2.24, 2.45) is 10.2 Å². The third-order valence-electron chi connectivity index (χ3n) is 5.21. The normalized spacial score (nSPS) is 14.2. The van der Waals surface area contributed by atoms with Crippen LogP contribution in [0.3, 0.4) is 0 Å². The molecule has 1 aliphatic rings. The first kappa shape index (κ1) is 19.9. The molecule has 3 heterocycles. The van der Waals surface area contributed by atoms with Crippen LogP contribution in [-0.2, 0) is 22.9 Å². The van der Waals surface area contributed by atoms with Gasteiger partial charge in [0.2, 0.25) is 10.0 Å². The summed E-state index contributed by atoms with van der Waals surface area (Å²) in [4.78, 5) is 11.2. The first-order valence-electron chi connectivity index (χ1n) is 9.76.